The molecule has 2 heterocycles. The molecule has 2 amide bonds. The predicted octanol–water partition coefficient (Wildman–Crippen LogP) is 3.50. The van der Waals surface area contributed by atoms with E-state index in [0.29, 0.717) is 24.2 Å². The predicted molar refractivity (Wildman–Crippen MR) is 115 cm³/mol. The molecule has 0 bridgehead atoms. The number of rotatable bonds is 6. The molecule has 1 aliphatic carbocycles. The molecule has 2 aliphatic rings. The summed E-state index contributed by atoms with van der Waals surface area (Å²) in [5.74, 6) is 2.03. The lowest BCUT2D eigenvalue weighted by molar-refractivity contribution is -0.120. The fraction of sp³-hybridized carbons (Fsp3) is 0.565. The number of hydrogen-bond acceptors (Lipinski definition) is 4. The number of carbonyl (C=O) groups is 2. The van der Waals surface area contributed by atoms with Crippen LogP contribution in [0.4, 0.5) is 5.69 Å². The van der Waals surface area contributed by atoms with E-state index < -0.39 is 0 Å². The van der Waals surface area contributed by atoms with Crippen molar-refractivity contribution in [2.75, 3.05) is 11.9 Å². The number of amides is 2. The standard InChI is InChI=1S/C23H31N5O2/c29-22(24-14-13-21-27-26-20-12-5-2-6-15-28(20)21)18-10-7-11-19(16-18)25-23(30)17-8-3-1-4-9-17/h7,10-11,16-17H,1-6,8-9,12-15H2,(H,24,29)(H,25,30). The van der Waals surface area contributed by atoms with Gasteiger partial charge in [0.1, 0.15) is 11.6 Å². The van der Waals surface area contributed by atoms with Crippen molar-refractivity contribution in [3.8, 4) is 0 Å². The van der Waals surface area contributed by atoms with Crippen LogP contribution in [0.25, 0.3) is 0 Å². The average molecular weight is 410 g/mol. The average Bonchev–Trinajstić information content (AvgIpc) is 3.00. The maximum atomic E-state index is 12.6. The van der Waals surface area contributed by atoms with Crippen molar-refractivity contribution in [1.29, 1.82) is 0 Å². The maximum Gasteiger partial charge on any atom is 0.251 e. The highest BCUT2D eigenvalue weighted by Gasteiger charge is 2.21. The normalized spacial score (nSPS) is 17.1. The second-order valence-electron chi connectivity index (χ2n) is 8.41. The number of fused-ring (bicyclic) bond motifs is 1. The summed E-state index contributed by atoms with van der Waals surface area (Å²) in [7, 11) is 0. The van der Waals surface area contributed by atoms with Gasteiger partial charge in [0.15, 0.2) is 0 Å². The van der Waals surface area contributed by atoms with E-state index in [1.807, 2.05) is 12.1 Å². The summed E-state index contributed by atoms with van der Waals surface area (Å²) in [5, 5.41) is 14.6. The fourth-order valence-electron chi connectivity index (χ4n) is 4.47. The Hall–Kier alpha value is -2.70. The summed E-state index contributed by atoms with van der Waals surface area (Å²) in [4.78, 5) is 25.1. The first-order valence-corrected chi connectivity index (χ1v) is 11.3. The number of nitrogens with zero attached hydrogens (tertiary/aromatic N) is 3. The van der Waals surface area contributed by atoms with Crippen molar-refractivity contribution >= 4 is 17.5 Å². The molecule has 0 radical (unpaired) electrons. The van der Waals surface area contributed by atoms with Gasteiger partial charge in [-0.25, -0.2) is 0 Å². The summed E-state index contributed by atoms with van der Waals surface area (Å²) < 4.78 is 2.21. The quantitative estimate of drug-likeness (QED) is 0.764. The molecule has 0 atom stereocenters. The summed E-state index contributed by atoms with van der Waals surface area (Å²) in [6.07, 6.45) is 10.6. The third kappa shape index (κ3) is 5.07. The number of hydrogen-bond donors (Lipinski definition) is 2. The number of carbonyl (C=O) groups excluding carboxylic acids is 2. The zero-order chi connectivity index (χ0) is 20.8. The van der Waals surface area contributed by atoms with Crippen molar-refractivity contribution in [2.24, 2.45) is 5.92 Å². The number of benzene rings is 1. The zero-order valence-electron chi connectivity index (χ0n) is 17.5. The van der Waals surface area contributed by atoms with Gasteiger partial charge < -0.3 is 15.2 Å². The van der Waals surface area contributed by atoms with Crippen LogP contribution in [0.5, 0.6) is 0 Å². The van der Waals surface area contributed by atoms with E-state index in [1.54, 1.807) is 12.1 Å². The topological polar surface area (TPSA) is 88.9 Å². The molecule has 1 saturated carbocycles. The lowest BCUT2D eigenvalue weighted by Crippen LogP contribution is -2.27. The molecule has 7 heteroatoms. The molecule has 7 nitrogen and oxygen atoms in total. The van der Waals surface area contributed by atoms with Crippen LogP contribution in [-0.4, -0.2) is 33.1 Å². The Morgan fingerprint density at radius 3 is 2.73 bits per heavy atom. The Morgan fingerprint density at radius 1 is 1.03 bits per heavy atom. The van der Waals surface area contributed by atoms with E-state index in [1.165, 1.54) is 19.3 Å². The molecule has 1 aromatic heterocycles. The Labute approximate surface area is 177 Å². The van der Waals surface area contributed by atoms with E-state index in [-0.39, 0.29) is 17.7 Å². The summed E-state index contributed by atoms with van der Waals surface area (Å²) >= 11 is 0. The smallest absolute Gasteiger partial charge is 0.251 e. The molecule has 30 heavy (non-hydrogen) atoms. The minimum Gasteiger partial charge on any atom is -0.352 e. The molecule has 4 rings (SSSR count). The summed E-state index contributed by atoms with van der Waals surface area (Å²) in [6.45, 7) is 1.48. The fourth-order valence-corrected chi connectivity index (χ4v) is 4.47. The van der Waals surface area contributed by atoms with Crippen molar-refractivity contribution in [3.63, 3.8) is 0 Å². The monoisotopic (exact) mass is 409 g/mol. The molecule has 2 aromatic rings. The first-order chi connectivity index (χ1) is 14.7. The minimum absolute atomic E-state index is 0.0692. The van der Waals surface area contributed by atoms with Gasteiger partial charge in [-0.1, -0.05) is 31.7 Å². The lowest BCUT2D eigenvalue weighted by atomic mass is 9.88. The Bertz CT molecular complexity index is 885. The molecule has 2 N–H and O–H groups in total. The first-order valence-electron chi connectivity index (χ1n) is 11.3. The van der Waals surface area contributed by atoms with Gasteiger partial charge in [0.2, 0.25) is 5.91 Å². The van der Waals surface area contributed by atoms with Crippen LogP contribution in [-0.2, 0) is 24.2 Å². The van der Waals surface area contributed by atoms with E-state index in [9.17, 15) is 9.59 Å². The van der Waals surface area contributed by atoms with Gasteiger partial charge in [0, 0.05) is 43.1 Å². The van der Waals surface area contributed by atoms with Gasteiger partial charge in [-0.05, 0) is 43.9 Å². The largest absolute Gasteiger partial charge is 0.352 e. The second-order valence-corrected chi connectivity index (χ2v) is 8.41. The molecule has 1 aromatic carbocycles. The highest BCUT2D eigenvalue weighted by molar-refractivity contribution is 5.97. The minimum atomic E-state index is -0.139. The molecule has 0 saturated heterocycles. The van der Waals surface area contributed by atoms with Crippen LogP contribution >= 0.6 is 0 Å². The molecule has 160 valence electrons. The SMILES string of the molecule is O=C(NCCc1nnc2n1CCCCC2)c1cccc(NC(=O)C2CCCCC2)c1. The lowest BCUT2D eigenvalue weighted by Gasteiger charge is -2.20. The molecule has 1 fully saturated rings. The van der Waals surface area contributed by atoms with Gasteiger partial charge >= 0.3 is 0 Å². The van der Waals surface area contributed by atoms with Crippen molar-refractivity contribution in [3.05, 3.63) is 41.5 Å². The van der Waals surface area contributed by atoms with Gasteiger partial charge in [0.25, 0.3) is 5.91 Å². The van der Waals surface area contributed by atoms with Crippen LogP contribution in [0.1, 0.15) is 73.4 Å². The number of anilines is 1. The zero-order valence-corrected chi connectivity index (χ0v) is 17.5. The summed E-state index contributed by atoms with van der Waals surface area (Å²) in [5.41, 5.74) is 1.23. The highest BCUT2D eigenvalue weighted by atomic mass is 16.2. The third-order valence-corrected chi connectivity index (χ3v) is 6.19. The summed E-state index contributed by atoms with van der Waals surface area (Å²) in [6, 6.07) is 7.17. The number of nitrogens with one attached hydrogen (secondary N) is 2. The van der Waals surface area contributed by atoms with Crippen molar-refractivity contribution in [1.82, 2.24) is 20.1 Å². The number of aryl methyl sites for hydroxylation is 1. The van der Waals surface area contributed by atoms with Gasteiger partial charge in [-0.15, -0.1) is 10.2 Å². The van der Waals surface area contributed by atoms with Crippen LogP contribution in [0.15, 0.2) is 24.3 Å². The molecular formula is C23H31N5O2. The Morgan fingerprint density at radius 2 is 1.87 bits per heavy atom. The van der Waals surface area contributed by atoms with E-state index in [2.05, 4.69) is 25.4 Å². The highest BCUT2D eigenvalue weighted by Crippen LogP contribution is 2.25. The molecular weight excluding hydrogens is 378 g/mol. The molecule has 0 unspecified atom stereocenters. The molecule has 0 spiro atoms. The van der Waals surface area contributed by atoms with E-state index in [4.69, 9.17) is 0 Å². The van der Waals surface area contributed by atoms with Crippen molar-refractivity contribution < 1.29 is 9.59 Å². The van der Waals surface area contributed by atoms with Gasteiger partial charge in [0.05, 0.1) is 0 Å². The van der Waals surface area contributed by atoms with Crippen LogP contribution < -0.4 is 10.6 Å². The Balaban J connectivity index is 1.30. The second kappa shape index (κ2) is 9.87. The van der Waals surface area contributed by atoms with Crippen LogP contribution in [0.2, 0.25) is 0 Å². The van der Waals surface area contributed by atoms with E-state index >= 15 is 0 Å². The third-order valence-electron chi connectivity index (χ3n) is 6.19. The van der Waals surface area contributed by atoms with Crippen LogP contribution in [0, 0.1) is 5.92 Å². The number of aromatic nitrogens is 3. The van der Waals surface area contributed by atoms with Crippen molar-refractivity contribution in [2.45, 2.75) is 70.8 Å². The van der Waals surface area contributed by atoms with Gasteiger partial charge in [-0.3, -0.25) is 9.59 Å². The molecule has 1 aliphatic heterocycles. The maximum absolute atomic E-state index is 12.6. The van der Waals surface area contributed by atoms with Gasteiger partial charge in [-0.2, -0.15) is 0 Å². The Kier molecular flexibility index (Phi) is 6.77. The van der Waals surface area contributed by atoms with Crippen LogP contribution in [0.3, 0.4) is 0 Å². The van der Waals surface area contributed by atoms with E-state index in [0.717, 1.165) is 56.7 Å². The first kappa shape index (κ1) is 20.6.